The first-order valence-electron chi connectivity index (χ1n) is 7.28. The van der Waals surface area contributed by atoms with Crippen molar-refractivity contribution in [3.63, 3.8) is 0 Å². The standard InChI is InChI=1S/C18H26OSi/c1-6-8-9-13-16-20(4,5)19-18(3,7-2)17-14-11-10-12-15-17/h2,6,10-12,14-15H,1,8-9,13,16H2,3-5H3. The minimum Gasteiger partial charge on any atom is -0.398 e. The van der Waals surface area contributed by atoms with Crippen LogP contribution in [-0.2, 0) is 10.0 Å². The summed E-state index contributed by atoms with van der Waals surface area (Å²) in [7, 11) is -1.77. The average molecular weight is 286 g/mol. The predicted molar refractivity (Wildman–Crippen MR) is 90.0 cm³/mol. The van der Waals surface area contributed by atoms with Crippen LogP contribution in [0.25, 0.3) is 0 Å². The van der Waals surface area contributed by atoms with E-state index in [-0.39, 0.29) is 0 Å². The molecule has 0 N–H and O–H groups in total. The second-order valence-electron chi connectivity index (χ2n) is 5.94. The Hall–Kier alpha value is -1.30. The Morgan fingerprint density at radius 1 is 1.30 bits per heavy atom. The van der Waals surface area contributed by atoms with Gasteiger partial charge in [0.2, 0.25) is 0 Å². The SMILES string of the molecule is C#CC(C)(O[Si](C)(C)CCCCC=C)c1ccccc1. The van der Waals surface area contributed by atoms with E-state index < -0.39 is 13.9 Å². The van der Waals surface area contributed by atoms with Crippen LogP contribution in [0.15, 0.2) is 43.0 Å². The number of hydrogen-bond donors (Lipinski definition) is 0. The molecule has 1 aromatic carbocycles. The van der Waals surface area contributed by atoms with Crippen molar-refractivity contribution < 1.29 is 4.43 Å². The summed E-state index contributed by atoms with van der Waals surface area (Å²) >= 11 is 0. The minimum absolute atomic E-state index is 0.616. The zero-order valence-electron chi connectivity index (χ0n) is 13.0. The molecule has 108 valence electrons. The number of terminal acetylenes is 1. The van der Waals surface area contributed by atoms with Gasteiger partial charge in [0.15, 0.2) is 8.32 Å². The van der Waals surface area contributed by atoms with Crippen molar-refractivity contribution in [3.05, 3.63) is 48.6 Å². The molecule has 1 aromatic rings. The van der Waals surface area contributed by atoms with E-state index in [1.54, 1.807) is 0 Å². The number of hydrogen-bond acceptors (Lipinski definition) is 1. The normalized spacial score (nSPS) is 14.3. The molecule has 2 heteroatoms. The molecule has 0 saturated carbocycles. The van der Waals surface area contributed by atoms with Gasteiger partial charge in [0, 0.05) is 0 Å². The monoisotopic (exact) mass is 286 g/mol. The smallest absolute Gasteiger partial charge is 0.189 e. The van der Waals surface area contributed by atoms with Gasteiger partial charge < -0.3 is 4.43 Å². The second kappa shape index (κ2) is 7.47. The molecule has 0 saturated heterocycles. The maximum atomic E-state index is 6.42. The first-order chi connectivity index (χ1) is 9.43. The summed E-state index contributed by atoms with van der Waals surface area (Å²) in [6, 6.07) is 11.2. The molecular weight excluding hydrogens is 260 g/mol. The van der Waals surface area contributed by atoms with Gasteiger partial charge in [0.25, 0.3) is 0 Å². The Kier molecular flexibility index (Phi) is 6.26. The van der Waals surface area contributed by atoms with Crippen LogP contribution in [0.3, 0.4) is 0 Å². The van der Waals surface area contributed by atoms with Crippen LogP contribution in [0, 0.1) is 12.3 Å². The van der Waals surface area contributed by atoms with E-state index in [0.29, 0.717) is 0 Å². The van der Waals surface area contributed by atoms with Crippen molar-refractivity contribution in [2.45, 2.75) is 50.9 Å². The molecular formula is C18H26OSi. The Morgan fingerprint density at radius 2 is 1.95 bits per heavy atom. The molecule has 0 aliphatic rings. The van der Waals surface area contributed by atoms with Crippen molar-refractivity contribution in [2.24, 2.45) is 0 Å². The molecule has 0 bridgehead atoms. The fraction of sp³-hybridized carbons (Fsp3) is 0.444. The summed E-state index contributed by atoms with van der Waals surface area (Å²) in [6.07, 6.45) is 11.2. The summed E-state index contributed by atoms with van der Waals surface area (Å²) < 4.78 is 6.42. The van der Waals surface area contributed by atoms with Crippen LogP contribution < -0.4 is 0 Å². The molecule has 0 radical (unpaired) electrons. The lowest BCUT2D eigenvalue weighted by atomic mass is 9.97. The second-order valence-corrected chi connectivity index (χ2v) is 10.2. The molecule has 0 aromatic heterocycles. The number of allylic oxidation sites excluding steroid dienone is 1. The van der Waals surface area contributed by atoms with Gasteiger partial charge in [-0.15, -0.1) is 13.0 Å². The molecule has 20 heavy (non-hydrogen) atoms. The topological polar surface area (TPSA) is 9.23 Å². The third-order valence-electron chi connectivity index (χ3n) is 3.52. The van der Waals surface area contributed by atoms with Crippen molar-refractivity contribution in [2.75, 3.05) is 0 Å². The molecule has 0 amide bonds. The number of unbranched alkanes of at least 4 members (excludes halogenated alkanes) is 2. The van der Waals surface area contributed by atoms with Gasteiger partial charge in [-0.2, -0.15) is 0 Å². The van der Waals surface area contributed by atoms with Crippen LogP contribution in [0.2, 0.25) is 19.1 Å². The van der Waals surface area contributed by atoms with Crippen LogP contribution in [0.5, 0.6) is 0 Å². The molecule has 0 aliphatic carbocycles. The summed E-state index contributed by atoms with van der Waals surface area (Å²) in [6.45, 7) is 10.3. The van der Waals surface area contributed by atoms with Gasteiger partial charge in [-0.1, -0.05) is 55.2 Å². The van der Waals surface area contributed by atoms with Gasteiger partial charge in [0.1, 0.15) is 5.60 Å². The van der Waals surface area contributed by atoms with E-state index in [1.165, 1.54) is 12.8 Å². The van der Waals surface area contributed by atoms with E-state index in [0.717, 1.165) is 18.0 Å². The Morgan fingerprint density at radius 3 is 2.50 bits per heavy atom. The Balaban J connectivity index is 2.72. The molecule has 0 heterocycles. The lowest BCUT2D eigenvalue weighted by molar-refractivity contribution is 0.140. The van der Waals surface area contributed by atoms with Crippen molar-refractivity contribution >= 4 is 8.32 Å². The summed E-state index contributed by atoms with van der Waals surface area (Å²) in [5, 5.41) is 0. The molecule has 0 aliphatic heterocycles. The highest BCUT2D eigenvalue weighted by atomic mass is 28.4. The highest BCUT2D eigenvalue weighted by Gasteiger charge is 2.34. The van der Waals surface area contributed by atoms with Crippen molar-refractivity contribution in [1.29, 1.82) is 0 Å². The highest BCUT2D eigenvalue weighted by Crippen LogP contribution is 2.30. The largest absolute Gasteiger partial charge is 0.398 e. The van der Waals surface area contributed by atoms with E-state index >= 15 is 0 Å². The van der Waals surface area contributed by atoms with Gasteiger partial charge in [0.05, 0.1) is 0 Å². The molecule has 0 spiro atoms. The van der Waals surface area contributed by atoms with Crippen LogP contribution in [0.1, 0.15) is 31.7 Å². The highest BCUT2D eigenvalue weighted by molar-refractivity contribution is 6.71. The zero-order chi connectivity index (χ0) is 15.1. The third kappa shape index (κ3) is 5.00. The Bertz CT molecular complexity index is 458. The number of benzene rings is 1. The van der Waals surface area contributed by atoms with E-state index in [2.05, 4.69) is 25.6 Å². The molecule has 1 atom stereocenters. The van der Waals surface area contributed by atoms with E-state index in [1.807, 2.05) is 43.3 Å². The lowest BCUT2D eigenvalue weighted by Crippen LogP contribution is -2.40. The lowest BCUT2D eigenvalue weighted by Gasteiger charge is -2.34. The maximum absolute atomic E-state index is 6.42. The summed E-state index contributed by atoms with van der Waals surface area (Å²) in [5.74, 6) is 2.85. The first kappa shape index (κ1) is 16.8. The fourth-order valence-corrected chi connectivity index (χ4v) is 4.86. The molecule has 0 fully saturated rings. The maximum Gasteiger partial charge on any atom is 0.189 e. The van der Waals surface area contributed by atoms with Gasteiger partial charge in [-0.25, -0.2) is 0 Å². The third-order valence-corrected chi connectivity index (χ3v) is 6.04. The molecule has 1 nitrogen and oxygen atoms in total. The summed E-state index contributed by atoms with van der Waals surface area (Å²) in [5.41, 5.74) is 0.448. The minimum atomic E-state index is -1.77. The van der Waals surface area contributed by atoms with Crippen LogP contribution in [-0.4, -0.2) is 8.32 Å². The fourth-order valence-electron chi connectivity index (χ4n) is 2.37. The number of rotatable bonds is 8. The molecule has 1 unspecified atom stereocenters. The average Bonchev–Trinajstić information content (AvgIpc) is 2.44. The van der Waals surface area contributed by atoms with Crippen LogP contribution in [0.4, 0.5) is 0 Å². The molecule has 1 rings (SSSR count). The van der Waals surface area contributed by atoms with Gasteiger partial charge in [-0.3, -0.25) is 0 Å². The summed E-state index contributed by atoms with van der Waals surface area (Å²) in [4.78, 5) is 0. The Labute approximate surface area is 125 Å². The van der Waals surface area contributed by atoms with Crippen molar-refractivity contribution in [1.82, 2.24) is 0 Å². The van der Waals surface area contributed by atoms with Gasteiger partial charge in [-0.05, 0) is 38.0 Å². The van der Waals surface area contributed by atoms with Crippen LogP contribution >= 0.6 is 0 Å². The predicted octanol–water partition coefficient (Wildman–Crippen LogP) is 5.11. The van der Waals surface area contributed by atoms with E-state index in [4.69, 9.17) is 10.8 Å². The van der Waals surface area contributed by atoms with Crippen molar-refractivity contribution in [3.8, 4) is 12.3 Å². The zero-order valence-corrected chi connectivity index (χ0v) is 14.0. The first-order valence-corrected chi connectivity index (χ1v) is 10.4. The van der Waals surface area contributed by atoms with Gasteiger partial charge >= 0.3 is 0 Å². The van der Waals surface area contributed by atoms with E-state index in [9.17, 15) is 0 Å². The quantitative estimate of drug-likeness (QED) is 0.279.